The molecule has 3 aromatic rings. The number of hydrogen-bond donors (Lipinski definition) is 2. The quantitative estimate of drug-likeness (QED) is 0.776. The Bertz CT molecular complexity index is 883. The molecule has 1 aromatic heterocycles. The first-order valence-corrected chi connectivity index (χ1v) is 8.22. The molecule has 0 fully saturated rings. The number of nitrogens with two attached hydrogens (primary N) is 1. The van der Waals surface area contributed by atoms with E-state index in [4.69, 9.17) is 5.73 Å². The number of nitrogens with zero attached hydrogens (tertiary/aromatic N) is 1. The van der Waals surface area contributed by atoms with E-state index >= 15 is 0 Å². The molecular formula is C20H19N3O. The number of fused-ring (bicyclic) bond motifs is 1. The molecule has 120 valence electrons. The summed E-state index contributed by atoms with van der Waals surface area (Å²) in [7, 11) is 0. The van der Waals surface area contributed by atoms with Crippen LogP contribution in [-0.2, 0) is 12.8 Å². The van der Waals surface area contributed by atoms with Crippen molar-refractivity contribution in [3.8, 4) is 11.1 Å². The normalized spacial score (nSPS) is 16.6. The highest BCUT2D eigenvalue weighted by atomic mass is 16.1. The third kappa shape index (κ3) is 2.60. The molecule has 0 radical (unpaired) electrons. The van der Waals surface area contributed by atoms with Crippen molar-refractivity contribution in [2.75, 3.05) is 0 Å². The van der Waals surface area contributed by atoms with E-state index in [1.165, 1.54) is 27.9 Å². The summed E-state index contributed by atoms with van der Waals surface area (Å²) in [4.78, 5) is 11.6. The molecule has 0 saturated carbocycles. The fourth-order valence-corrected chi connectivity index (χ4v) is 3.62. The number of aryl methyl sites for hydroxylation is 1. The van der Waals surface area contributed by atoms with Crippen LogP contribution >= 0.6 is 0 Å². The van der Waals surface area contributed by atoms with Gasteiger partial charge in [-0.25, -0.2) is 0 Å². The maximum Gasteiger partial charge on any atom is 0.248 e. The van der Waals surface area contributed by atoms with Crippen LogP contribution in [-0.4, -0.2) is 16.1 Å². The summed E-state index contributed by atoms with van der Waals surface area (Å²) in [5.74, 6) is -0.0136. The largest absolute Gasteiger partial charge is 0.366 e. The van der Waals surface area contributed by atoms with Crippen molar-refractivity contribution in [3.63, 3.8) is 0 Å². The first-order chi connectivity index (χ1) is 11.7. The number of carbonyl (C=O) groups excluding carboxylic acids is 1. The van der Waals surface area contributed by atoms with Gasteiger partial charge in [0.15, 0.2) is 0 Å². The maximum absolute atomic E-state index is 11.6. The van der Waals surface area contributed by atoms with E-state index in [2.05, 4.69) is 22.3 Å². The Morgan fingerprint density at radius 2 is 2.00 bits per heavy atom. The van der Waals surface area contributed by atoms with Gasteiger partial charge in [-0.3, -0.25) is 9.89 Å². The Balaban J connectivity index is 1.80. The number of rotatable bonds is 3. The van der Waals surface area contributed by atoms with E-state index in [0.717, 1.165) is 19.3 Å². The molecular weight excluding hydrogens is 298 g/mol. The summed E-state index contributed by atoms with van der Waals surface area (Å²) in [5, 5.41) is 7.24. The van der Waals surface area contributed by atoms with Gasteiger partial charge in [-0.1, -0.05) is 36.4 Å². The van der Waals surface area contributed by atoms with Gasteiger partial charge in [0.05, 0.1) is 6.20 Å². The summed E-state index contributed by atoms with van der Waals surface area (Å²) in [6.45, 7) is 0. The third-order valence-corrected chi connectivity index (χ3v) is 4.88. The average Bonchev–Trinajstić information content (AvgIpc) is 3.09. The second-order valence-corrected chi connectivity index (χ2v) is 6.35. The Morgan fingerprint density at radius 3 is 2.79 bits per heavy atom. The predicted octanol–water partition coefficient (Wildman–Crippen LogP) is 3.45. The highest BCUT2D eigenvalue weighted by molar-refractivity contribution is 5.93. The molecule has 1 heterocycles. The molecule has 3 N–H and O–H groups in total. The molecule has 4 nitrogen and oxygen atoms in total. The van der Waals surface area contributed by atoms with E-state index in [0.29, 0.717) is 11.5 Å². The maximum atomic E-state index is 11.6. The number of aromatic nitrogens is 2. The number of primary amides is 1. The molecule has 1 amide bonds. The first-order valence-electron chi connectivity index (χ1n) is 8.22. The first kappa shape index (κ1) is 14.7. The Morgan fingerprint density at radius 1 is 1.17 bits per heavy atom. The zero-order valence-electron chi connectivity index (χ0n) is 13.3. The molecule has 0 saturated heterocycles. The van der Waals surface area contributed by atoms with Crippen molar-refractivity contribution in [3.05, 3.63) is 77.1 Å². The molecule has 4 heteroatoms. The van der Waals surface area contributed by atoms with Gasteiger partial charge >= 0.3 is 0 Å². The van der Waals surface area contributed by atoms with Crippen molar-refractivity contribution in [1.82, 2.24) is 10.2 Å². The molecule has 0 bridgehead atoms. The molecule has 0 spiro atoms. The summed E-state index contributed by atoms with van der Waals surface area (Å²) >= 11 is 0. The smallest absolute Gasteiger partial charge is 0.248 e. The number of hydrogen-bond acceptors (Lipinski definition) is 2. The standard InChI is InChI=1S/C20H19N3O/c21-20(24)15-6-8-17(13-4-2-1-3-5-13)18(11-15)14-7-9-19-16(10-14)12-22-23-19/h1-6,8,11-12,14H,7,9-10H2,(H2,21,24)(H,22,23). The Hall–Kier alpha value is -2.88. The van der Waals surface area contributed by atoms with Gasteiger partial charge in [-0.15, -0.1) is 0 Å². The van der Waals surface area contributed by atoms with Crippen LogP contribution in [0.2, 0.25) is 0 Å². The number of amides is 1. The summed E-state index contributed by atoms with van der Waals surface area (Å²) in [5.41, 5.74) is 12.1. The summed E-state index contributed by atoms with van der Waals surface area (Å²) in [6.07, 6.45) is 4.88. The van der Waals surface area contributed by atoms with E-state index in [-0.39, 0.29) is 5.91 Å². The van der Waals surface area contributed by atoms with Gasteiger partial charge in [-0.05, 0) is 59.6 Å². The molecule has 1 atom stereocenters. The second kappa shape index (κ2) is 5.96. The number of nitrogens with one attached hydrogen (secondary N) is 1. The lowest BCUT2D eigenvalue weighted by atomic mass is 9.79. The highest BCUT2D eigenvalue weighted by Gasteiger charge is 2.24. The number of carbonyl (C=O) groups is 1. The minimum atomic E-state index is -0.379. The van der Waals surface area contributed by atoms with Crippen molar-refractivity contribution in [1.29, 1.82) is 0 Å². The lowest BCUT2D eigenvalue weighted by molar-refractivity contribution is 0.1000. The van der Waals surface area contributed by atoms with Crippen LogP contribution in [0.1, 0.15) is 39.5 Å². The van der Waals surface area contributed by atoms with Crippen LogP contribution in [0, 0.1) is 0 Å². The minimum Gasteiger partial charge on any atom is -0.366 e. The number of aromatic amines is 1. The Labute approximate surface area is 140 Å². The molecule has 1 aliphatic carbocycles. The zero-order valence-corrected chi connectivity index (χ0v) is 13.3. The number of H-pyrrole nitrogens is 1. The average molecular weight is 317 g/mol. The van der Waals surface area contributed by atoms with Crippen LogP contribution in [0.5, 0.6) is 0 Å². The molecule has 1 unspecified atom stereocenters. The lowest BCUT2D eigenvalue weighted by Gasteiger charge is -2.25. The zero-order chi connectivity index (χ0) is 16.5. The SMILES string of the molecule is NC(=O)c1ccc(-c2ccccc2)c(C2CCc3[nH]ncc3C2)c1. The third-order valence-electron chi connectivity index (χ3n) is 4.88. The van der Waals surface area contributed by atoms with Crippen LogP contribution < -0.4 is 5.73 Å². The van der Waals surface area contributed by atoms with Crippen LogP contribution in [0.3, 0.4) is 0 Å². The van der Waals surface area contributed by atoms with Gasteiger partial charge in [-0.2, -0.15) is 5.10 Å². The minimum absolute atomic E-state index is 0.365. The van der Waals surface area contributed by atoms with Gasteiger partial charge in [0.25, 0.3) is 0 Å². The van der Waals surface area contributed by atoms with Gasteiger partial charge in [0.2, 0.25) is 5.91 Å². The van der Waals surface area contributed by atoms with Crippen molar-refractivity contribution in [2.24, 2.45) is 5.73 Å². The van der Waals surface area contributed by atoms with Crippen LogP contribution in [0.15, 0.2) is 54.7 Å². The second-order valence-electron chi connectivity index (χ2n) is 6.35. The molecule has 4 rings (SSSR count). The highest BCUT2D eigenvalue weighted by Crippen LogP contribution is 2.37. The van der Waals surface area contributed by atoms with Crippen molar-refractivity contribution < 1.29 is 4.79 Å². The van der Waals surface area contributed by atoms with Gasteiger partial charge in [0, 0.05) is 11.3 Å². The number of benzene rings is 2. The van der Waals surface area contributed by atoms with Crippen molar-refractivity contribution in [2.45, 2.75) is 25.2 Å². The van der Waals surface area contributed by atoms with Crippen molar-refractivity contribution >= 4 is 5.91 Å². The van der Waals surface area contributed by atoms with Crippen LogP contribution in [0.4, 0.5) is 0 Å². The van der Waals surface area contributed by atoms with E-state index < -0.39 is 0 Å². The van der Waals surface area contributed by atoms with E-state index in [1.807, 2.05) is 42.6 Å². The molecule has 0 aliphatic heterocycles. The summed E-state index contributed by atoms with van der Waals surface area (Å²) in [6, 6.07) is 16.1. The fraction of sp³-hybridized carbons (Fsp3) is 0.200. The fourth-order valence-electron chi connectivity index (χ4n) is 3.62. The molecule has 2 aromatic carbocycles. The Kier molecular flexibility index (Phi) is 3.65. The molecule has 1 aliphatic rings. The summed E-state index contributed by atoms with van der Waals surface area (Å²) < 4.78 is 0. The van der Waals surface area contributed by atoms with Crippen LogP contribution in [0.25, 0.3) is 11.1 Å². The monoisotopic (exact) mass is 317 g/mol. The topological polar surface area (TPSA) is 71.8 Å². The predicted molar refractivity (Wildman–Crippen MR) is 93.7 cm³/mol. The molecule has 24 heavy (non-hydrogen) atoms. The van der Waals surface area contributed by atoms with Gasteiger partial charge < -0.3 is 5.73 Å². The van der Waals surface area contributed by atoms with E-state index in [1.54, 1.807) is 0 Å². The lowest BCUT2D eigenvalue weighted by Crippen LogP contribution is -2.15. The van der Waals surface area contributed by atoms with E-state index in [9.17, 15) is 4.79 Å². The van der Waals surface area contributed by atoms with Gasteiger partial charge in [0.1, 0.15) is 0 Å².